The predicted molar refractivity (Wildman–Crippen MR) is 87.9 cm³/mol. The van der Waals surface area contributed by atoms with Crippen LogP contribution in [-0.2, 0) is 13.0 Å². The molecular weight excluding hydrogens is 242 g/mol. The second kappa shape index (κ2) is 6.76. The average Bonchev–Trinajstić information content (AvgIpc) is 2.45. The third-order valence-electron chi connectivity index (χ3n) is 4.98. The molecule has 112 valence electrons. The molecule has 1 heteroatoms. The van der Waals surface area contributed by atoms with Crippen LogP contribution in [0.1, 0.15) is 64.5 Å². The Balaban J connectivity index is 1.75. The number of benzene rings is 1. The van der Waals surface area contributed by atoms with Crippen molar-refractivity contribution in [1.29, 1.82) is 0 Å². The summed E-state index contributed by atoms with van der Waals surface area (Å²) < 4.78 is 0. The van der Waals surface area contributed by atoms with Crippen molar-refractivity contribution < 1.29 is 0 Å². The first-order valence-corrected chi connectivity index (χ1v) is 8.30. The molecule has 1 N–H and O–H groups in total. The second-order valence-electron chi connectivity index (χ2n) is 7.47. The second-order valence-corrected chi connectivity index (χ2v) is 7.47. The van der Waals surface area contributed by atoms with Gasteiger partial charge in [0.1, 0.15) is 0 Å². The number of hydrogen-bond acceptors (Lipinski definition) is 1. The summed E-state index contributed by atoms with van der Waals surface area (Å²) in [6.45, 7) is 10.4. The van der Waals surface area contributed by atoms with Crippen LogP contribution in [0.25, 0.3) is 0 Å². The fourth-order valence-electron chi connectivity index (χ4n) is 3.32. The van der Waals surface area contributed by atoms with E-state index in [1.54, 1.807) is 0 Å². The molecule has 20 heavy (non-hydrogen) atoms. The van der Waals surface area contributed by atoms with Crippen LogP contribution in [0, 0.1) is 11.3 Å². The van der Waals surface area contributed by atoms with Crippen LogP contribution >= 0.6 is 0 Å². The SMILES string of the molecule is CCc1ccc(CNC2CCC(C(C)(C)C)CC2)cc1. The molecule has 0 atom stereocenters. The lowest BCUT2D eigenvalue weighted by Crippen LogP contribution is -2.35. The first-order chi connectivity index (χ1) is 9.49. The van der Waals surface area contributed by atoms with E-state index in [1.807, 2.05) is 0 Å². The standard InChI is InChI=1S/C19H31N/c1-5-15-6-8-16(9-7-15)14-20-18-12-10-17(11-13-18)19(2,3)4/h6-9,17-18,20H,5,10-14H2,1-4H3. The summed E-state index contributed by atoms with van der Waals surface area (Å²) in [5.74, 6) is 0.907. The lowest BCUT2D eigenvalue weighted by Gasteiger charge is -2.37. The minimum atomic E-state index is 0.487. The van der Waals surface area contributed by atoms with Gasteiger partial charge in [0.05, 0.1) is 0 Å². The third-order valence-corrected chi connectivity index (χ3v) is 4.98. The zero-order chi connectivity index (χ0) is 14.6. The van der Waals surface area contributed by atoms with E-state index in [0.717, 1.165) is 24.9 Å². The molecule has 1 aliphatic rings. The molecular formula is C19H31N. The Morgan fingerprint density at radius 1 is 0.950 bits per heavy atom. The number of hydrogen-bond donors (Lipinski definition) is 1. The van der Waals surface area contributed by atoms with Crippen molar-refractivity contribution >= 4 is 0 Å². The van der Waals surface area contributed by atoms with Gasteiger partial charge in [0.2, 0.25) is 0 Å². The summed E-state index contributed by atoms with van der Waals surface area (Å²) >= 11 is 0. The van der Waals surface area contributed by atoms with Crippen LogP contribution < -0.4 is 5.32 Å². The zero-order valence-electron chi connectivity index (χ0n) is 13.7. The van der Waals surface area contributed by atoms with Gasteiger partial charge in [0.15, 0.2) is 0 Å². The lowest BCUT2D eigenvalue weighted by atomic mass is 9.71. The average molecular weight is 273 g/mol. The van der Waals surface area contributed by atoms with E-state index in [2.05, 4.69) is 57.3 Å². The molecule has 1 aliphatic carbocycles. The summed E-state index contributed by atoms with van der Waals surface area (Å²) in [6, 6.07) is 9.78. The first-order valence-electron chi connectivity index (χ1n) is 8.30. The Kier molecular flexibility index (Phi) is 5.26. The van der Waals surface area contributed by atoms with Crippen molar-refractivity contribution in [2.75, 3.05) is 0 Å². The van der Waals surface area contributed by atoms with Gasteiger partial charge in [-0.1, -0.05) is 52.0 Å². The van der Waals surface area contributed by atoms with Crippen molar-refractivity contribution in [3.8, 4) is 0 Å². The van der Waals surface area contributed by atoms with Gasteiger partial charge in [-0.15, -0.1) is 0 Å². The van der Waals surface area contributed by atoms with E-state index in [1.165, 1.54) is 36.8 Å². The van der Waals surface area contributed by atoms with Gasteiger partial charge in [-0.3, -0.25) is 0 Å². The number of rotatable bonds is 4. The summed E-state index contributed by atoms with van der Waals surface area (Å²) in [4.78, 5) is 0. The molecule has 0 bridgehead atoms. The summed E-state index contributed by atoms with van der Waals surface area (Å²) in [6.07, 6.45) is 6.58. The molecule has 0 amide bonds. The normalized spacial score (nSPS) is 23.8. The highest BCUT2D eigenvalue weighted by Gasteiger charge is 2.29. The van der Waals surface area contributed by atoms with Gasteiger partial charge in [-0.25, -0.2) is 0 Å². The van der Waals surface area contributed by atoms with Crippen LogP contribution in [0.5, 0.6) is 0 Å². The lowest BCUT2D eigenvalue weighted by molar-refractivity contribution is 0.160. The number of aryl methyl sites for hydroxylation is 1. The maximum Gasteiger partial charge on any atom is 0.0208 e. The molecule has 1 fully saturated rings. The quantitative estimate of drug-likeness (QED) is 0.819. The molecule has 0 aromatic heterocycles. The maximum absolute atomic E-state index is 3.75. The molecule has 0 saturated heterocycles. The first kappa shape index (κ1) is 15.6. The van der Waals surface area contributed by atoms with Crippen LogP contribution in [-0.4, -0.2) is 6.04 Å². The highest BCUT2D eigenvalue weighted by Crippen LogP contribution is 2.37. The summed E-state index contributed by atoms with van der Waals surface area (Å²) in [5.41, 5.74) is 3.33. The topological polar surface area (TPSA) is 12.0 Å². The van der Waals surface area contributed by atoms with Crippen molar-refractivity contribution in [2.24, 2.45) is 11.3 Å². The van der Waals surface area contributed by atoms with Crippen LogP contribution in [0.2, 0.25) is 0 Å². The third kappa shape index (κ3) is 4.34. The Hall–Kier alpha value is -0.820. The Labute approximate surface area is 125 Å². The molecule has 1 saturated carbocycles. The van der Waals surface area contributed by atoms with E-state index in [-0.39, 0.29) is 0 Å². The molecule has 0 radical (unpaired) electrons. The fraction of sp³-hybridized carbons (Fsp3) is 0.684. The van der Waals surface area contributed by atoms with Gasteiger partial charge in [-0.05, 0) is 54.6 Å². The van der Waals surface area contributed by atoms with E-state index in [4.69, 9.17) is 0 Å². The molecule has 0 heterocycles. The maximum atomic E-state index is 3.75. The number of nitrogens with one attached hydrogen (secondary N) is 1. The smallest absolute Gasteiger partial charge is 0.0208 e. The summed E-state index contributed by atoms with van der Waals surface area (Å²) in [7, 11) is 0. The van der Waals surface area contributed by atoms with Crippen LogP contribution in [0.15, 0.2) is 24.3 Å². The van der Waals surface area contributed by atoms with E-state index in [0.29, 0.717) is 5.41 Å². The minimum Gasteiger partial charge on any atom is -0.310 e. The van der Waals surface area contributed by atoms with Crippen LogP contribution in [0.3, 0.4) is 0 Å². The van der Waals surface area contributed by atoms with Crippen molar-refractivity contribution in [1.82, 2.24) is 5.32 Å². The van der Waals surface area contributed by atoms with Crippen molar-refractivity contribution in [3.05, 3.63) is 35.4 Å². The monoisotopic (exact) mass is 273 g/mol. The zero-order valence-corrected chi connectivity index (χ0v) is 13.7. The Morgan fingerprint density at radius 2 is 1.50 bits per heavy atom. The molecule has 2 rings (SSSR count). The van der Waals surface area contributed by atoms with Gasteiger partial charge in [0.25, 0.3) is 0 Å². The molecule has 1 nitrogen and oxygen atoms in total. The van der Waals surface area contributed by atoms with E-state index < -0.39 is 0 Å². The van der Waals surface area contributed by atoms with E-state index in [9.17, 15) is 0 Å². The fourth-order valence-corrected chi connectivity index (χ4v) is 3.32. The molecule has 1 aromatic carbocycles. The molecule has 0 unspecified atom stereocenters. The van der Waals surface area contributed by atoms with Gasteiger partial charge in [-0.2, -0.15) is 0 Å². The Morgan fingerprint density at radius 3 is 2.00 bits per heavy atom. The summed E-state index contributed by atoms with van der Waals surface area (Å²) in [5, 5.41) is 3.75. The Bertz CT molecular complexity index is 391. The minimum absolute atomic E-state index is 0.487. The highest BCUT2D eigenvalue weighted by atomic mass is 14.9. The molecule has 0 spiro atoms. The van der Waals surface area contributed by atoms with Gasteiger partial charge < -0.3 is 5.32 Å². The largest absolute Gasteiger partial charge is 0.310 e. The van der Waals surface area contributed by atoms with Crippen molar-refractivity contribution in [3.63, 3.8) is 0 Å². The highest BCUT2D eigenvalue weighted by molar-refractivity contribution is 5.22. The van der Waals surface area contributed by atoms with E-state index >= 15 is 0 Å². The van der Waals surface area contributed by atoms with Crippen molar-refractivity contribution in [2.45, 2.75) is 72.4 Å². The predicted octanol–water partition coefficient (Wildman–Crippen LogP) is 4.94. The molecule has 0 aliphatic heterocycles. The molecule has 1 aromatic rings. The van der Waals surface area contributed by atoms with Crippen LogP contribution in [0.4, 0.5) is 0 Å². The van der Waals surface area contributed by atoms with Gasteiger partial charge in [0, 0.05) is 12.6 Å². The van der Waals surface area contributed by atoms with Gasteiger partial charge >= 0.3 is 0 Å².